The lowest BCUT2D eigenvalue weighted by atomic mass is 10.3. The molecule has 1 rings (SSSR count). The van der Waals surface area contributed by atoms with E-state index in [4.69, 9.17) is 10.00 Å². The average molecular weight is 216 g/mol. The molecule has 0 spiro atoms. The Morgan fingerprint density at radius 2 is 2.19 bits per heavy atom. The molecular weight excluding hydrogens is 204 g/mol. The van der Waals surface area contributed by atoms with E-state index in [1.807, 2.05) is 6.07 Å². The highest BCUT2D eigenvalue weighted by molar-refractivity contribution is 5.98. The number of anilines is 1. The number of benzene rings is 1. The lowest BCUT2D eigenvalue weighted by Crippen LogP contribution is -2.06. The van der Waals surface area contributed by atoms with Crippen LogP contribution < -0.4 is 10.1 Å². The zero-order chi connectivity index (χ0) is 11.8. The van der Waals surface area contributed by atoms with E-state index >= 15 is 0 Å². The Bertz CT molecular complexity index is 404. The number of carbonyl (C=O) groups is 1. The summed E-state index contributed by atoms with van der Waals surface area (Å²) in [4.78, 5) is 11.0. The number of nitrogens with one attached hydrogen (secondary N) is 1. The fourth-order valence-electron chi connectivity index (χ4n) is 1.04. The van der Waals surface area contributed by atoms with Crippen molar-refractivity contribution in [1.82, 2.24) is 0 Å². The molecule has 0 bridgehead atoms. The Labute approximate surface area is 94.1 Å². The highest BCUT2D eigenvalue weighted by Crippen LogP contribution is 2.15. The molecule has 0 saturated carbocycles. The molecule has 16 heavy (non-hydrogen) atoms. The first-order valence-electron chi connectivity index (χ1n) is 4.79. The first kappa shape index (κ1) is 11.8. The molecule has 82 valence electrons. The third kappa shape index (κ3) is 3.84. The van der Waals surface area contributed by atoms with Gasteiger partial charge in [0.25, 0.3) is 0 Å². The summed E-state index contributed by atoms with van der Waals surface area (Å²) < 4.78 is 5.28. The Morgan fingerprint density at radius 3 is 2.75 bits per heavy atom. The zero-order valence-corrected chi connectivity index (χ0v) is 8.77. The van der Waals surface area contributed by atoms with E-state index in [0.717, 1.165) is 0 Å². The van der Waals surface area contributed by atoms with E-state index in [2.05, 4.69) is 11.9 Å². The largest absolute Gasteiger partial charge is 0.493 e. The van der Waals surface area contributed by atoms with Gasteiger partial charge in [-0.1, -0.05) is 6.58 Å². The van der Waals surface area contributed by atoms with Crippen LogP contribution in [0.25, 0.3) is 0 Å². The predicted molar refractivity (Wildman–Crippen MR) is 61.0 cm³/mol. The van der Waals surface area contributed by atoms with Gasteiger partial charge in [-0.2, -0.15) is 5.26 Å². The third-order valence-corrected chi connectivity index (χ3v) is 1.79. The van der Waals surface area contributed by atoms with Crippen LogP contribution in [0.3, 0.4) is 0 Å². The quantitative estimate of drug-likeness (QED) is 0.605. The minimum Gasteiger partial charge on any atom is -0.493 e. The number of hydrogen-bond acceptors (Lipinski definition) is 3. The molecule has 0 heterocycles. The van der Waals surface area contributed by atoms with Crippen molar-refractivity contribution < 1.29 is 9.53 Å². The van der Waals surface area contributed by atoms with E-state index in [1.165, 1.54) is 6.08 Å². The summed E-state index contributed by atoms with van der Waals surface area (Å²) in [6, 6.07) is 8.91. The van der Waals surface area contributed by atoms with Crippen molar-refractivity contribution in [2.24, 2.45) is 0 Å². The van der Waals surface area contributed by atoms with Gasteiger partial charge in [0.05, 0.1) is 12.5 Å². The number of rotatable bonds is 5. The molecular formula is C12H12N2O2. The topological polar surface area (TPSA) is 62.1 Å². The van der Waals surface area contributed by atoms with Gasteiger partial charge in [-0.15, -0.1) is 0 Å². The summed E-state index contributed by atoms with van der Waals surface area (Å²) in [5.74, 6) is 0.421. The van der Waals surface area contributed by atoms with E-state index in [-0.39, 0.29) is 5.91 Å². The molecule has 4 nitrogen and oxygen atoms in total. The van der Waals surface area contributed by atoms with Gasteiger partial charge in [0, 0.05) is 5.69 Å². The minimum absolute atomic E-state index is 0.252. The Kier molecular flexibility index (Phi) is 4.61. The van der Waals surface area contributed by atoms with Crippen LogP contribution in [-0.4, -0.2) is 12.5 Å². The fourth-order valence-corrected chi connectivity index (χ4v) is 1.04. The van der Waals surface area contributed by atoms with Gasteiger partial charge in [0.2, 0.25) is 5.91 Å². The second-order valence-corrected chi connectivity index (χ2v) is 2.97. The molecule has 1 aromatic rings. The van der Waals surface area contributed by atoms with Crippen LogP contribution in [0.15, 0.2) is 36.9 Å². The highest BCUT2D eigenvalue weighted by atomic mass is 16.5. The minimum atomic E-state index is -0.252. The third-order valence-electron chi connectivity index (χ3n) is 1.79. The molecule has 1 aromatic carbocycles. The molecule has 1 amide bonds. The van der Waals surface area contributed by atoms with Crippen LogP contribution in [0.1, 0.15) is 6.42 Å². The number of amides is 1. The van der Waals surface area contributed by atoms with Gasteiger partial charge in [-0.25, -0.2) is 0 Å². The molecule has 1 N–H and O–H groups in total. The van der Waals surface area contributed by atoms with Crippen molar-refractivity contribution in [3.63, 3.8) is 0 Å². The molecule has 4 heteroatoms. The summed E-state index contributed by atoms with van der Waals surface area (Å²) in [7, 11) is 0. The second kappa shape index (κ2) is 6.25. The molecule has 0 aromatic heterocycles. The van der Waals surface area contributed by atoms with Crippen LogP contribution in [-0.2, 0) is 4.79 Å². The van der Waals surface area contributed by atoms with Crippen molar-refractivity contribution >= 4 is 11.6 Å². The van der Waals surface area contributed by atoms with E-state index in [9.17, 15) is 4.79 Å². The average Bonchev–Trinajstić information content (AvgIpc) is 2.31. The van der Waals surface area contributed by atoms with Gasteiger partial charge < -0.3 is 10.1 Å². The van der Waals surface area contributed by atoms with E-state index in [0.29, 0.717) is 24.5 Å². The maximum absolute atomic E-state index is 11.0. The van der Waals surface area contributed by atoms with Gasteiger partial charge in [0.15, 0.2) is 0 Å². The van der Waals surface area contributed by atoms with Crippen LogP contribution in [0.2, 0.25) is 0 Å². The van der Waals surface area contributed by atoms with Crippen molar-refractivity contribution in [2.45, 2.75) is 6.42 Å². The van der Waals surface area contributed by atoms with Gasteiger partial charge in [-0.3, -0.25) is 4.79 Å². The van der Waals surface area contributed by atoms with Crippen LogP contribution in [0.4, 0.5) is 5.69 Å². The first-order chi connectivity index (χ1) is 7.76. The number of ether oxygens (including phenoxy) is 1. The lowest BCUT2D eigenvalue weighted by Gasteiger charge is -2.05. The maximum atomic E-state index is 11.0. The standard InChI is InChI=1S/C12H12N2O2/c1-2-12(15)14-10-4-6-11(7-5-10)16-9-3-8-13/h2,4-7H,1,3,9H2,(H,14,15). The maximum Gasteiger partial charge on any atom is 0.247 e. The Hall–Kier alpha value is -2.28. The molecule has 0 aliphatic heterocycles. The fraction of sp³-hybridized carbons (Fsp3) is 0.167. The van der Waals surface area contributed by atoms with Gasteiger partial charge in [-0.05, 0) is 30.3 Å². The predicted octanol–water partition coefficient (Wildman–Crippen LogP) is 2.10. The molecule has 0 fully saturated rings. The molecule has 0 radical (unpaired) electrons. The number of nitrogens with zero attached hydrogens (tertiary/aromatic N) is 1. The van der Waals surface area contributed by atoms with E-state index < -0.39 is 0 Å². The summed E-state index contributed by atoms with van der Waals surface area (Å²) in [6.45, 7) is 3.73. The number of hydrogen-bond donors (Lipinski definition) is 1. The summed E-state index contributed by atoms with van der Waals surface area (Å²) in [5.41, 5.74) is 0.678. The van der Waals surface area contributed by atoms with Crippen LogP contribution >= 0.6 is 0 Å². The Morgan fingerprint density at radius 1 is 1.50 bits per heavy atom. The Balaban J connectivity index is 2.51. The van der Waals surface area contributed by atoms with Crippen molar-refractivity contribution in [3.8, 4) is 11.8 Å². The molecule has 0 unspecified atom stereocenters. The zero-order valence-electron chi connectivity index (χ0n) is 8.77. The summed E-state index contributed by atoms with van der Waals surface area (Å²) in [5, 5.41) is 10.9. The second-order valence-electron chi connectivity index (χ2n) is 2.97. The highest BCUT2D eigenvalue weighted by Gasteiger charge is 1.97. The SMILES string of the molecule is C=CC(=O)Nc1ccc(OCCC#N)cc1. The van der Waals surface area contributed by atoms with Crippen molar-refractivity contribution in [3.05, 3.63) is 36.9 Å². The van der Waals surface area contributed by atoms with Gasteiger partial charge in [0.1, 0.15) is 12.4 Å². The molecule has 0 atom stereocenters. The first-order valence-corrected chi connectivity index (χ1v) is 4.79. The van der Waals surface area contributed by atoms with Gasteiger partial charge >= 0.3 is 0 Å². The molecule has 0 saturated heterocycles. The summed E-state index contributed by atoms with van der Waals surface area (Å²) >= 11 is 0. The molecule has 0 aliphatic rings. The van der Waals surface area contributed by atoms with Crippen molar-refractivity contribution in [2.75, 3.05) is 11.9 Å². The number of carbonyl (C=O) groups excluding carboxylic acids is 1. The van der Waals surface area contributed by atoms with Crippen molar-refractivity contribution in [1.29, 1.82) is 5.26 Å². The van der Waals surface area contributed by atoms with Crippen LogP contribution in [0.5, 0.6) is 5.75 Å². The molecule has 0 aliphatic carbocycles. The van der Waals surface area contributed by atoms with E-state index in [1.54, 1.807) is 24.3 Å². The monoisotopic (exact) mass is 216 g/mol. The normalized spacial score (nSPS) is 8.94. The smallest absolute Gasteiger partial charge is 0.247 e. The number of nitriles is 1. The lowest BCUT2D eigenvalue weighted by molar-refractivity contribution is -0.111. The summed E-state index contributed by atoms with van der Waals surface area (Å²) in [6.07, 6.45) is 1.56. The van der Waals surface area contributed by atoms with Crippen LogP contribution in [0, 0.1) is 11.3 Å².